The highest BCUT2D eigenvalue weighted by atomic mass is 16.5. The summed E-state index contributed by atoms with van der Waals surface area (Å²) < 4.78 is 13.1. The highest BCUT2D eigenvalue weighted by Gasteiger charge is 2.28. The van der Waals surface area contributed by atoms with Crippen molar-refractivity contribution >= 4 is 17.6 Å². The predicted octanol–water partition coefficient (Wildman–Crippen LogP) is 3.00. The first-order valence-corrected chi connectivity index (χ1v) is 7.32. The zero-order chi connectivity index (χ0) is 16.6. The molecule has 5 nitrogen and oxygen atoms in total. The van der Waals surface area contributed by atoms with Gasteiger partial charge in [0.25, 0.3) is 0 Å². The van der Waals surface area contributed by atoms with Crippen LogP contribution < -0.4 is 9.47 Å². The molecule has 2 aromatic rings. The molecule has 0 fully saturated rings. The minimum Gasteiger partial charge on any atom is -0.483 e. The number of aromatic nitrogens is 1. The number of Topliss-reactive ketones (excluding diaryl/α,β-unsaturated/α-hetero) is 2. The number of fused-ring (bicyclic) bond motifs is 1. The Hall–Kier alpha value is -2.82. The molecule has 5 heteroatoms. The molecule has 1 aliphatic heterocycles. The van der Waals surface area contributed by atoms with Crippen molar-refractivity contribution in [3.8, 4) is 11.5 Å². The van der Waals surface area contributed by atoms with Gasteiger partial charge in [0.05, 0.1) is 5.56 Å². The Kier molecular flexibility index (Phi) is 3.78. The third-order valence-electron chi connectivity index (χ3n) is 3.79. The largest absolute Gasteiger partial charge is 0.483 e. The Morgan fingerprint density at radius 2 is 2.13 bits per heavy atom. The van der Waals surface area contributed by atoms with Gasteiger partial charge in [0.15, 0.2) is 17.6 Å². The molecule has 1 aromatic carbocycles. The Morgan fingerprint density at radius 3 is 2.78 bits per heavy atom. The molecule has 23 heavy (non-hydrogen) atoms. The standard InChI is InChI=1S/C18H17NO4/c1-11(20)12(2)22-14-6-7-15-16(10-14)23-17(18(15)21)9-13-5-4-8-19(13)3/h4-10,12H,1-3H3/b17-9+. The Morgan fingerprint density at radius 1 is 1.35 bits per heavy atom. The number of carbonyl (C=O) groups excluding carboxylic acids is 2. The normalized spacial score (nSPS) is 16.1. The van der Waals surface area contributed by atoms with Crippen LogP contribution in [0.5, 0.6) is 11.5 Å². The van der Waals surface area contributed by atoms with Crippen LogP contribution in [-0.2, 0) is 11.8 Å². The molecule has 1 atom stereocenters. The molecular weight excluding hydrogens is 294 g/mol. The second kappa shape index (κ2) is 5.76. The molecule has 0 aliphatic carbocycles. The number of hydrogen-bond donors (Lipinski definition) is 0. The molecule has 0 bridgehead atoms. The molecule has 0 radical (unpaired) electrons. The van der Waals surface area contributed by atoms with E-state index in [4.69, 9.17) is 9.47 Å². The lowest BCUT2D eigenvalue weighted by Gasteiger charge is -2.11. The van der Waals surface area contributed by atoms with Crippen LogP contribution in [0.2, 0.25) is 0 Å². The summed E-state index contributed by atoms with van der Waals surface area (Å²) in [4.78, 5) is 23.7. The first kappa shape index (κ1) is 15.1. The third kappa shape index (κ3) is 2.90. The van der Waals surface area contributed by atoms with Crippen LogP contribution >= 0.6 is 0 Å². The number of rotatable bonds is 4. The number of hydrogen-bond acceptors (Lipinski definition) is 4. The maximum atomic E-state index is 12.4. The highest BCUT2D eigenvalue weighted by molar-refractivity contribution is 6.14. The fourth-order valence-electron chi connectivity index (χ4n) is 2.29. The van der Waals surface area contributed by atoms with Gasteiger partial charge in [0.2, 0.25) is 5.78 Å². The number of ketones is 2. The van der Waals surface area contributed by atoms with E-state index in [0.29, 0.717) is 17.1 Å². The molecule has 1 aliphatic rings. The zero-order valence-corrected chi connectivity index (χ0v) is 13.2. The molecule has 118 valence electrons. The quantitative estimate of drug-likeness (QED) is 0.815. The van der Waals surface area contributed by atoms with Gasteiger partial charge in [0.1, 0.15) is 11.5 Å². The average Bonchev–Trinajstić information content (AvgIpc) is 3.04. The van der Waals surface area contributed by atoms with Crippen molar-refractivity contribution < 1.29 is 19.1 Å². The van der Waals surface area contributed by atoms with Crippen LogP contribution in [0.3, 0.4) is 0 Å². The van der Waals surface area contributed by atoms with Gasteiger partial charge in [-0.1, -0.05) is 0 Å². The summed E-state index contributed by atoms with van der Waals surface area (Å²) in [6, 6.07) is 8.76. The fourth-order valence-corrected chi connectivity index (χ4v) is 2.29. The molecular formula is C18H17NO4. The van der Waals surface area contributed by atoms with Gasteiger partial charge in [-0.2, -0.15) is 0 Å². The first-order valence-electron chi connectivity index (χ1n) is 7.32. The summed E-state index contributed by atoms with van der Waals surface area (Å²) in [7, 11) is 1.90. The summed E-state index contributed by atoms with van der Waals surface area (Å²) in [5, 5.41) is 0. The van der Waals surface area contributed by atoms with Crippen molar-refractivity contribution in [2.24, 2.45) is 7.05 Å². The summed E-state index contributed by atoms with van der Waals surface area (Å²) in [5.41, 5.74) is 1.37. The van der Waals surface area contributed by atoms with Gasteiger partial charge in [-0.3, -0.25) is 9.59 Å². The minimum absolute atomic E-state index is 0.0632. The number of aryl methyl sites for hydroxylation is 1. The maximum Gasteiger partial charge on any atom is 0.232 e. The molecule has 0 saturated carbocycles. The van der Waals surface area contributed by atoms with E-state index in [1.807, 2.05) is 29.9 Å². The van der Waals surface area contributed by atoms with Crippen LogP contribution in [0, 0.1) is 0 Å². The lowest BCUT2D eigenvalue weighted by molar-refractivity contribution is -0.122. The number of nitrogens with zero attached hydrogens (tertiary/aromatic N) is 1. The van der Waals surface area contributed by atoms with E-state index in [0.717, 1.165) is 5.69 Å². The number of carbonyl (C=O) groups is 2. The van der Waals surface area contributed by atoms with Crippen molar-refractivity contribution in [3.63, 3.8) is 0 Å². The zero-order valence-electron chi connectivity index (χ0n) is 13.2. The molecule has 3 rings (SSSR count). The first-order chi connectivity index (χ1) is 11.0. The molecule has 2 heterocycles. The van der Waals surface area contributed by atoms with Gasteiger partial charge in [-0.05, 0) is 38.1 Å². The summed E-state index contributed by atoms with van der Waals surface area (Å²) in [5.74, 6) is 1.00. The summed E-state index contributed by atoms with van der Waals surface area (Å²) >= 11 is 0. The molecule has 1 aromatic heterocycles. The smallest absolute Gasteiger partial charge is 0.232 e. The minimum atomic E-state index is -0.538. The maximum absolute atomic E-state index is 12.4. The average molecular weight is 311 g/mol. The topological polar surface area (TPSA) is 57.5 Å². The van der Waals surface area contributed by atoms with Crippen LogP contribution in [0.1, 0.15) is 29.9 Å². The van der Waals surface area contributed by atoms with Crippen LogP contribution in [0.25, 0.3) is 6.08 Å². The molecule has 0 amide bonds. The van der Waals surface area contributed by atoms with Gasteiger partial charge in [0, 0.05) is 31.1 Å². The monoisotopic (exact) mass is 311 g/mol. The lowest BCUT2D eigenvalue weighted by atomic mass is 10.1. The number of benzene rings is 1. The number of ether oxygens (including phenoxy) is 2. The molecule has 0 N–H and O–H groups in total. The number of allylic oxidation sites excluding steroid dienone is 1. The Balaban J connectivity index is 1.86. The van der Waals surface area contributed by atoms with E-state index in [1.165, 1.54) is 6.92 Å². The van der Waals surface area contributed by atoms with Crippen molar-refractivity contribution in [3.05, 3.63) is 53.5 Å². The van der Waals surface area contributed by atoms with Crippen LogP contribution in [-0.4, -0.2) is 22.2 Å². The third-order valence-corrected chi connectivity index (χ3v) is 3.79. The van der Waals surface area contributed by atoms with Gasteiger partial charge >= 0.3 is 0 Å². The highest BCUT2D eigenvalue weighted by Crippen LogP contribution is 2.35. The molecule has 0 spiro atoms. The van der Waals surface area contributed by atoms with Gasteiger partial charge < -0.3 is 14.0 Å². The SMILES string of the molecule is CC(=O)C(C)Oc1ccc2c(c1)O/C(=C/c1cccn1C)C2=O. The van der Waals surface area contributed by atoms with Crippen LogP contribution in [0.4, 0.5) is 0 Å². The van der Waals surface area contributed by atoms with E-state index < -0.39 is 6.10 Å². The van der Waals surface area contributed by atoms with E-state index in [2.05, 4.69) is 0 Å². The Labute approximate surface area is 134 Å². The van der Waals surface area contributed by atoms with E-state index in [-0.39, 0.29) is 17.3 Å². The van der Waals surface area contributed by atoms with Crippen molar-refractivity contribution in [1.29, 1.82) is 0 Å². The second-order valence-corrected chi connectivity index (χ2v) is 5.51. The van der Waals surface area contributed by atoms with E-state index in [1.54, 1.807) is 31.2 Å². The second-order valence-electron chi connectivity index (χ2n) is 5.51. The summed E-state index contributed by atoms with van der Waals surface area (Å²) in [6.07, 6.45) is 3.07. The molecule has 1 unspecified atom stereocenters. The predicted molar refractivity (Wildman–Crippen MR) is 85.6 cm³/mol. The van der Waals surface area contributed by atoms with E-state index in [9.17, 15) is 9.59 Å². The molecule has 0 saturated heterocycles. The van der Waals surface area contributed by atoms with Gasteiger partial charge in [-0.25, -0.2) is 0 Å². The van der Waals surface area contributed by atoms with Crippen molar-refractivity contribution in [2.75, 3.05) is 0 Å². The fraction of sp³-hybridized carbons (Fsp3) is 0.222. The van der Waals surface area contributed by atoms with Gasteiger partial charge in [-0.15, -0.1) is 0 Å². The van der Waals surface area contributed by atoms with Crippen molar-refractivity contribution in [1.82, 2.24) is 4.57 Å². The Bertz CT molecular complexity index is 816. The lowest BCUT2D eigenvalue weighted by Crippen LogP contribution is -2.20. The van der Waals surface area contributed by atoms with Crippen LogP contribution in [0.15, 0.2) is 42.3 Å². The van der Waals surface area contributed by atoms with E-state index >= 15 is 0 Å². The summed E-state index contributed by atoms with van der Waals surface area (Å²) in [6.45, 7) is 3.15. The van der Waals surface area contributed by atoms with Crippen molar-refractivity contribution in [2.45, 2.75) is 20.0 Å².